The standard InChI is InChI=1S/C15H19BrClNO/c1-15(2)8-4-3-5-13(15)18-14(19)11-9-10(16)6-7-12(11)17/h6-7,9,13H,3-5,8H2,1-2H3,(H,18,19). The molecule has 1 aromatic carbocycles. The first kappa shape index (κ1) is 14.9. The molecule has 1 fully saturated rings. The first-order valence-corrected chi connectivity index (χ1v) is 7.83. The van der Waals surface area contributed by atoms with Gasteiger partial charge in [-0.25, -0.2) is 0 Å². The van der Waals surface area contributed by atoms with Crippen LogP contribution in [0.2, 0.25) is 5.02 Å². The zero-order valence-corrected chi connectivity index (χ0v) is 13.6. The lowest BCUT2D eigenvalue weighted by Gasteiger charge is -2.39. The molecule has 1 aromatic rings. The molecule has 1 atom stereocenters. The normalized spacial score (nSPS) is 22.0. The Bertz CT molecular complexity index is 487. The van der Waals surface area contributed by atoms with Crippen LogP contribution in [0.3, 0.4) is 0 Å². The topological polar surface area (TPSA) is 29.1 Å². The van der Waals surface area contributed by atoms with Crippen LogP contribution in [0.15, 0.2) is 22.7 Å². The van der Waals surface area contributed by atoms with Gasteiger partial charge in [0.1, 0.15) is 0 Å². The molecule has 2 rings (SSSR count). The molecule has 1 saturated carbocycles. The maximum Gasteiger partial charge on any atom is 0.253 e. The van der Waals surface area contributed by atoms with Crippen molar-refractivity contribution in [3.63, 3.8) is 0 Å². The molecule has 0 radical (unpaired) electrons. The molecule has 0 aliphatic heterocycles. The Kier molecular flexibility index (Phi) is 4.57. The minimum absolute atomic E-state index is 0.0775. The van der Waals surface area contributed by atoms with Crippen LogP contribution in [0, 0.1) is 5.41 Å². The molecule has 104 valence electrons. The zero-order chi connectivity index (χ0) is 14.0. The highest BCUT2D eigenvalue weighted by Gasteiger charge is 2.33. The highest BCUT2D eigenvalue weighted by atomic mass is 79.9. The van der Waals surface area contributed by atoms with Crippen molar-refractivity contribution < 1.29 is 4.79 Å². The predicted octanol–water partition coefficient (Wildman–Crippen LogP) is 4.80. The molecule has 0 aromatic heterocycles. The lowest BCUT2D eigenvalue weighted by atomic mass is 9.73. The Morgan fingerprint density at radius 1 is 1.42 bits per heavy atom. The van der Waals surface area contributed by atoms with Crippen LogP contribution >= 0.6 is 27.5 Å². The van der Waals surface area contributed by atoms with E-state index in [2.05, 4.69) is 35.1 Å². The summed E-state index contributed by atoms with van der Waals surface area (Å²) in [6.45, 7) is 4.44. The highest BCUT2D eigenvalue weighted by molar-refractivity contribution is 9.10. The minimum Gasteiger partial charge on any atom is -0.349 e. The number of benzene rings is 1. The molecule has 4 heteroatoms. The first-order chi connectivity index (χ1) is 8.90. The third kappa shape index (κ3) is 3.51. The van der Waals surface area contributed by atoms with Crippen LogP contribution in [0.25, 0.3) is 0 Å². The number of hydrogen-bond donors (Lipinski definition) is 1. The molecule has 0 bridgehead atoms. The first-order valence-electron chi connectivity index (χ1n) is 6.66. The largest absolute Gasteiger partial charge is 0.349 e. The fraction of sp³-hybridized carbons (Fsp3) is 0.533. The molecule has 0 heterocycles. The molecule has 1 aliphatic carbocycles. The molecule has 1 N–H and O–H groups in total. The third-order valence-corrected chi connectivity index (χ3v) is 4.81. The second-order valence-electron chi connectivity index (χ2n) is 5.88. The fourth-order valence-corrected chi connectivity index (χ4v) is 3.23. The number of rotatable bonds is 2. The van der Waals surface area contributed by atoms with E-state index in [0.29, 0.717) is 10.6 Å². The van der Waals surface area contributed by atoms with Crippen molar-refractivity contribution in [1.82, 2.24) is 5.32 Å². The number of carbonyl (C=O) groups excluding carboxylic acids is 1. The lowest BCUT2D eigenvalue weighted by Crippen LogP contribution is -2.46. The van der Waals surface area contributed by atoms with Crippen molar-refractivity contribution in [2.45, 2.75) is 45.6 Å². The van der Waals surface area contributed by atoms with Gasteiger partial charge in [-0.2, -0.15) is 0 Å². The van der Waals surface area contributed by atoms with Crippen molar-refractivity contribution in [2.24, 2.45) is 5.41 Å². The number of halogens is 2. The number of amides is 1. The Balaban J connectivity index is 2.14. The quantitative estimate of drug-likeness (QED) is 0.820. The van der Waals surface area contributed by atoms with E-state index in [-0.39, 0.29) is 17.4 Å². The molecule has 19 heavy (non-hydrogen) atoms. The van der Waals surface area contributed by atoms with Crippen molar-refractivity contribution >= 4 is 33.4 Å². The summed E-state index contributed by atoms with van der Waals surface area (Å²) in [5, 5.41) is 3.64. The van der Waals surface area contributed by atoms with E-state index < -0.39 is 0 Å². The summed E-state index contributed by atoms with van der Waals surface area (Å²) >= 11 is 9.47. The minimum atomic E-state index is -0.0775. The van der Waals surface area contributed by atoms with Crippen LogP contribution in [0.1, 0.15) is 49.9 Å². The summed E-state index contributed by atoms with van der Waals surface area (Å²) in [6.07, 6.45) is 4.63. The maximum absolute atomic E-state index is 12.4. The molecule has 0 spiro atoms. The van der Waals surface area contributed by atoms with E-state index in [0.717, 1.165) is 17.3 Å². The van der Waals surface area contributed by atoms with Gasteiger partial charge in [-0.05, 0) is 36.5 Å². The number of carbonyl (C=O) groups is 1. The number of hydrogen-bond acceptors (Lipinski definition) is 1. The molecular formula is C15H19BrClNO. The summed E-state index contributed by atoms with van der Waals surface area (Å²) < 4.78 is 0.866. The molecular weight excluding hydrogens is 326 g/mol. The zero-order valence-electron chi connectivity index (χ0n) is 11.3. The summed E-state index contributed by atoms with van der Waals surface area (Å²) in [5.41, 5.74) is 0.698. The lowest BCUT2D eigenvalue weighted by molar-refractivity contribution is 0.0853. The second-order valence-corrected chi connectivity index (χ2v) is 7.21. The monoisotopic (exact) mass is 343 g/mol. The smallest absolute Gasteiger partial charge is 0.253 e. The molecule has 0 saturated heterocycles. The average molecular weight is 345 g/mol. The molecule has 1 aliphatic rings. The van der Waals surface area contributed by atoms with Crippen molar-refractivity contribution in [3.05, 3.63) is 33.3 Å². The average Bonchev–Trinajstić information content (AvgIpc) is 2.34. The van der Waals surface area contributed by atoms with E-state index >= 15 is 0 Å². The third-order valence-electron chi connectivity index (χ3n) is 3.99. The van der Waals surface area contributed by atoms with Crippen LogP contribution in [0.4, 0.5) is 0 Å². The van der Waals surface area contributed by atoms with Crippen LogP contribution in [0.5, 0.6) is 0 Å². The van der Waals surface area contributed by atoms with Crippen molar-refractivity contribution in [2.75, 3.05) is 0 Å². The van der Waals surface area contributed by atoms with Crippen LogP contribution in [-0.4, -0.2) is 11.9 Å². The van der Waals surface area contributed by atoms with Gasteiger partial charge in [0.2, 0.25) is 0 Å². The fourth-order valence-electron chi connectivity index (χ4n) is 2.67. The predicted molar refractivity (Wildman–Crippen MR) is 82.7 cm³/mol. The van der Waals surface area contributed by atoms with E-state index in [4.69, 9.17) is 11.6 Å². The van der Waals surface area contributed by atoms with Crippen molar-refractivity contribution in [1.29, 1.82) is 0 Å². The van der Waals surface area contributed by atoms with Gasteiger partial charge in [-0.3, -0.25) is 4.79 Å². The molecule has 1 unspecified atom stereocenters. The highest BCUT2D eigenvalue weighted by Crippen LogP contribution is 2.35. The van der Waals surface area contributed by atoms with Gasteiger partial charge in [0, 0.05) is 10.5 Å². The Morgan fingerprint density at radius 3 is 2.84 bits per heavy atom. The molecule has 2 nitrogen and oxygen atoms in total. The second kappa shape index (κ2) is 5.84. The van der Waals surface area contributed by atoms with Crippen LogP contribution < -0.4 is 5.32 Å². The van der Waals surface area contributed by atoms with Gasteiger partial charge in [-0.1, -0.05) is 54.2 Å². The Hall–Kier alpha value is -0.540. The van der Waals surface area contributed by atoms with Gasteiger partial charge < -0.3 is 5.32 Å². The van der Waals surface area contributed by atoms with Gasteiger partial charge >= 0.3 is 0 Å². The van der Waals surface area contributed by atoms with Gasteiger partial charge in [-0.15, -0.1) is 0 Å². The maximum atomic E-state index is 12.4. The van der Waals surface area contributed by atoms with E-state index in [1.807, 2.05) is 6.07 Å². The summed E-state index contributed by atoms with van der Waals surface area (Å²) in [6, 6.07) is 5.58. The van der Waals surface area contributed by atoms with E-state index in [1.165, 1.54) is 12.8 Å². The summed E-state index contributed by atoms with van der Waals surface area (Å²) in [4.78, 5) is 12.4. The Labute approximate surface area is 128 Å². The molecule has 1 amide bonds. The number of nitrogens with one attached hydrogen (secondary N) is 1. The van der Waals surface area contributed by atoms with Gasteiger partial charge in [0.15, 0.2) is 0 Å². The summed E-state index contributed by atoms with van der Waals surface area (Å²) in [7, 11) is 0. The van der Waals surface area contributed by atoms with Crippen molar-refractivity contribution in [3.8, 4) is 0 Å². The van der Waals surface area contributed by atoms with E-state index in [1.54, 1.807) is 12.1 Å². The Morgan fingerprint density at radius 2 is 2.16 bits per heavy atom. The van der Waals surface area contributed by atoms with Gasteiger partial charge in [0.25, 0.3) is 5.91 Å². The van der Waals surface area contributed by atoms with Crippen LogP contribution in [-0.2, 0) is 0 Å². The summed E-state index contributed by atoms with van der Waals surface area (Å²) in [5.74, 6) is -0.0775. The van der Waals surface area contributed by atoms with Gasteiger partial charge in [0.05, 0.1) is 10.6 Å². The van der Waals surface area contributed by atoms with E-state index in [9.17, 15) is 4.79 Å². The SMILES string of the molecule is CC1(C)CCCCC1NC(=O)c1cc(Br)ccc1Cl.